The molecule has 23 heavy (non-hydrogen) atoms. The second-order valence-electron chi connectivity index (χ2n) is 4.86. The third-order valence-corrected chi connectivity index (χ3v) is 2.90. The molecule has 2 aromatic rings. The van der Waals surface area contributed by atoms with Crippen LogP contribution in [0.25, 0.3) is 6.08 Å². The zero-order chi connectivity index (χ0) is 16.7. The molecule has 2 aromatic carbocycles. The molecular weight excluding hydrogens is 297 g/mol. The summed E-state index contributed by atoms with van der Waals surface area (Å²) in [6.45, 7) is 1.22. The molecule has 4 nitrogen and oxygen atoms in total. The number of halogens is 1. The van der Waals surface area contributed by atoms with Gasteiger partial charge in [0.05, 0.1) is 0 Å². The molecule has 1 amide bonds. The van der Waals surface area contributed by atoms with Crippen LogP contribution in [-0.2, 0) is 20.9 Å². The fraction of sp³-hybridized carbons (Fsp3) is 0.111. The molecule has 0 saturated heterocycles. The summed E-state index contributed by atoms with van der Waals surface area (Å²) >= 11 is 0. The molecule has 0 unspecified atom stereocenters. The summed E-state index contributed by atoms with van der Waals surface area (Å²) in [7, 11) is 0. The Morgan fingerprint density at radius 2 is 1.87 bits per heavy atom. The van der Waals surface area contributed by atoms with E-state index in [1.807, 2.05) is 18.2 Å². The van der Waals surface area contributed by atoms with E-state index in [4.69, 9.17) is 4.74 Å². The lowest BCUT2D eigenvalue weighted by molar-refractivity contribution is -0.141. The number of rotatable bonds is 5. The molecule has 118 valence electrons. The fourth-order valence-electron chi connectivity index (χ4n) is 1.91. The van der Waals surface area contributed by atoms with Gasteiger partial charge in [0.15, 0.2) is 0 Å². The molecule has 5 heteroatoms. The number of hydrogen-bond acceptors (Lipinski definition) is 3. The number of benzene rings is 2. The average molecular weight is 313 g/mol. The molecule has 0 bridgehead atoms. The summed E-state index contributed by atoms with van der Waals surface area (Å²) < 4.78 is 18.2. The van der Waals surface area contributed by atoms with E-state index in [1.54, 1.807) is 18.2 Å². The molecule has 0 radical (unpaired) electrons. The summed E-state index contributed by atoms with van der Waals surface area (Å²) in [5.74, 6) is -1.47. The summed E-state index contributed by atoms with van der Waals surface area (Å²) in [6, 6.07) is 14.8. The summed E-state index contributed by atoms with van der Waals surface area (Å²) in [4.78, 5) is 23.4. The third kappa shape index (κ3) is 5.39. The molecule has 0 aliphatic rings. The minimum absolute atomic E-state index is 0.0279. The van der Waals surface area contributed by atoms with Crippen molar-refractivity contribution in [1.82, 2.24) is 5.32 Å². The maximum absolute atomic E-state index is 13.1. The third-order valence-electron chi connectivity index (χ3n) is 2.90. The monoisotopic (exact) mass is 313 g/mol. The Kier molecular flexibility index (Phi) is 5.63. The van der Waals surface area contributed by atoms with Crippen LogP contribution in [0.15, 0.2) is 60.3 Å². The van der Waals surface area contributed by atoms with Gasteiger partial charge in [0.2, 0.25) is 5.91 Å². The smallest absolute Gasteiger partial charge is 0.355 e. The van der Waals surface area contributed by atoms with Crippen molar-refractivity contribution in [2.75, 3.05) is 0 Å². The normalized spacial score (nSPS) is 11.0. The zero-order valence-electron chi connectivity index (χ0n) is 12.6. The van der Waals surface area contributed by atoms with Crippen LogP contribution in [0.2, 0.25) is 0 Å². The van der Waals surface area contributed by atoms with Gasteiger partial charge in [0.1, 0.15) is 18.1 Å². The molecule has 0 heterocycles. The van der Waals surface area contributed by atoms with Gasteiger partial charge < -0.3 is 10.1 Å². The molecule has 0 fully saturated rings. The largest absolute Gasteiger partial charge is 0.456 e. The Hall–Kier alpha value is -2.95. The summed E-state index contributed by atoms with van der Waals surface area (Å²) in [5.41, 5.74) is 1.30. The molecule has 0 aliphatic heterocycles. The van der Waals surface area contributed by atoms with Crippen molar-refractivity contribution in [3.05, 3.63) is 77.2 Å². The molecule has 1 N–H and O–H groups in total. The van der Waals surface area contributed by atoms with Crippen LogP contribution < -0.4 is 5.32 Å². The number of hydrogen-bond donors (Lipinski definition) is 1. The van der Waals surface area contributed by atoms with Crippen molar-refractivity contribution in [2.45, 2.75) is 13.5 Å². The van der Waals surface area contributed by atoms with Gasteiger partial charge in [-0.25, -0.2) is 9.18 Å². The minimum atomic E-state index is -0.687. The van der Waals surface area contributed by atoms with Crippen molar-refractivity contribution >= 4 is 18.0 Å². The molecule has 0 spiro atoms. The highest BCUT2D eigenvalue weighted by molar-refractivity contribution is 5.97. The Morgan fingerprint density at radius 1 is 1.13 bits per heavy atom. The predicted molar refractivity (Wildman–Crippen MR) is 84.4 cm³/mol. The Bertz CT molecular complexity index is 726. The van der Waals surface area contributed by atoms with Gasteiger partial charge >= 0.3 is 5.97 Å². The first-order valence-electron chi connectivity index (χ1n) is 7.00. The second kappa shape index (κ2) is 7.89. The first-order chi connectivity index (χ1) is 11.0. The molecule has 0 aliphatic carbocycles. The SMILES string of the molecule is CC(=O)N/C(=C\c1ccccc1)C(=O)OCc1cccc(F)c1. The number of ether oxygens (including phenoxy) is 1. The summed E-state index contributed by atoms with van der Waals surface area (Å²) in [6.07, 6.45) is 1.52. The van der Waals surface area contributed by atoms with Crippen molar-refractivity contribution in [3.8, 4) is 0 Å². The van der Waals surface area contributed by atoms with Crippen molar-refractivity contribution < 1.29 is 18.7 Å². The van der Waals surface area contributed by atoms with Crippen molar-refractivity contribution in [2.24, 2.45) is 0 Å². The predicted octanol–water partition coefficient (Wildman–Crippen LogP) is 3.05. The van der Waals surface area contributed by atoms with Crippen LogP contribution in [0.1, 0.15) is 18.1 Å². The number of amides is 1. The van der Waals surface area contributed by atoms with Gasteiger partial charge in [-0.05, 0) is 29.3 Å². The van der Waals surface area contributed by atoms with Gasteiger partial charge in [0.25, 0.3) is 0 Å². The first-order valence-corrected chi connectivity index (χ1v) is 7.00. The number of nitrogens with one attached hydrogen (secondary N) is 1. The van der Waals surface area contributed by atoms with E-state index in [-0.39, 0.29) is 18.2 Å². The van der Waals surface area contributed by atoms with E-state index in [0.717, 1.165) is 5.56 Å². The molecule has 0 saturated carbocycles. The van der Waals surface area contributed by atoms with Crippen LogP contribution in [0.3, 0.4) is 0 Å². The van der Waals surface area contributed by atoms with Gasteiger partial charge in [-0.15, -0.1) is 0 Å². The van der Waals surface area contributed by atoms with E-state index in [2.05, 4.69) is 5.32 Å². The summed E-state index contributed by atoms with van der Waals surface area (Å²) in [5, 5.41) is 2.45. The van der Waals surface area contributed by atoms with Crippen molar-refractivity contribution in [1.29, 1.82) is 0 Å². The highest BCUT2D eigenvalue weighted by atomic mass is 19.1. The van der Waals surface area contributed by atoms with Gasteiger partial charge in [-0.2, -0.15) is 0 Å². The maximum atomic E-state index is 13.1. The molecule has 2 rings (SSSR count). The van der Waals surface area contributed by atoms with E-state index >= 15 is 0 Å². The van der Waals surface area contributed by atoms with Gasteiger partial charge in [0, 0.05) is 6.92 Å². The van der Waals surface area contributed by atoms with Crippen molar-refractivity contribution in [3.63, 3.8) is 0 Å². The van der Waals surface area contributed by atoms with Crippen LogP contribution in [-0.4, -0.2) is 11.9 Å². The Labute approximate surface area is 133 Å². The number of carbonyl (C=O) groups excluding carboxylic acids is 2. The van der Waals surface area contributed by atoms with E-state index in [1.165, 1.54) is 31.2 Å². The van der Waals surface area contributed by atoms with Crippen LogP contribution in [0.5, 0.6) is 0 Å². The van der Waals surface area contributed by atoms with E-state index in [0.29, 0.717) is 5.56 Å². The van der Waals surface area contributed by atoms with E-state index < -0.39 is 11.8 Å². The highest BCUT2D eigenvalue weighted by Gasteiger charge is 2.13. The standard InChI is InChI=1S/C18H16FNO3/c1-13(21)20-17(11-14-6-3-2-4-7-14)18(22)23-12-15-8-5-9-16(19)10-15/h2-11H,12H2,1H3,(H,20,21)/b17-11-. The Balaban J connectivity index is 2.10. The van der Waals surface area contributed by atoms with Crippen LogP contribution in [0, 0.1) is 5.82 Å². The average Bonchev–Trinajstić information content (AvgIpc) is 2.52. The fourth-order valence-corrected chi connectivity index (χ4v) is 1.91. The first kappa shape index (κ1) is 16.4. The van der Waals surface area contributed by atoms with Crippen LogP contribution in [0.4, 0.5) is 4.39 Å². The minimum Gasteiger partial charge on any atom is -0.456 e. The number of carbonyl (C=O) groups is 2. The molecule has 0 atom stereocenters. The van der Waals surface area contributed by atoms with Gasteiger partial charge in [-0.3, -0.25) is 4.79 Å². The molecular formula is C18H16FNO3. The lowest BCUT2D eigenvalue weighted by Crippen LogP contribution is -2.26. The van der Waals surface area contributed by atoms with E-state index in [9.17, 15) is 14.0 Å². The number of esters is 1. The highest BCUT2D eigenvalue weighted by Crippen LogP contribution is 2.09. The van der Waals surface area contributed by atoms with Gasteiger partial charge in [-0.1, -0.05) is 42.5 Å². The maximum Gasteiger partial charge on any atom is 0.355 e. The lowest BCUT2D eigenvalue weighted by atomic mass is 10.2. The van der Waals surface area contributed by atoms with Crippen LogP contribution >= 0.6 is 0 Å². The lowest BCUT2D eigenvalue weighted by Gasteiger charge is -2.09. The topological polar surface area (TPSA) is 55.4 Å². The Morgan fingerprint density at radius 3 is 2.52 bits per heavy atom. The second-order valence-corrected chi connectivity index (χ2v) is 4.86. The quantitative estimate of drug-likeness (QED) is 0.682. The molecule has 0 aromatic heterocycles. The zero-order valence-corrected chi connectivity index (χ0v) is 12.6.